The van der Waals surface area contributed by atoms with Gasteiger partial charge in [0.05, 0.1) is 27.2 Å². The van der Waals surface area contributed by atoms with Crippen LogP contribution in [0.15, 0.2) is 48.5 Å². The van der Waals surface area contributed by atoms with Gasteiger partial charge in [0.2, 0.25) is 5.91 Å². The van der Waals surface area contributed by atoms with E-state index in [0.717, 1.165) is 11.1 Å². The molecule has 0 saturated carbocycles. The van der Waals surface area contributed by atoms with E-state index < -0.39 is 0 Å². The third kappa shape index (κ3) is 4.49. The fourth-order valence-corrected chi connectivity index (χ4v) is 2.00. The van der Waals surface area contributed by atoms with Crippen molar-refractivity contribution in [3.05, 3.63) is 59.7 Å². The van der Waals surface area contributed by atoms with Crippen LogP contribution >= 0.6 is 0 Å². The molecule has 0 spiro atoms. The van der Waals surface area contributed by atoms with Gasteiger partial charge in [-0.2, -0.15) is 0 Å². The molecule has 5 heteroatoms. The molecule has 0 bridgehead atoms. The molecule has 116 valence electrons. The summed E-state index contributed by atoms with van der Waals surface area (Å²) in [5.74, 6) is 1.07. The average Bonchev–Trinajstić information content (AvgIpc) is 2.55. The van der Waals surface area contributed by atoms with Crippen molar-refractivity contribution in [2.75, 3.05) is 14.2 Å². The molecular weight excluding hydrogens is 282 g/mol. The largest absolute Gasteiger partial charge is 0.497 e. The van der Waals surface area contributed by atoms with Gasteiger partial charge in [-0.25, -0.2) is 5.48 Å². The zero-order valence-corrected chi connectivity index (χ0v) is 12.7. The van der Waals surface area contributed by atoms with Gasteiger partial charge in [0.15, 0.2) is 0 Å². The molecule has 0 saturated heterocycles. The van der Waals surface area contributed by atoms with Crippen LogP contribution in [0.1, 0.15) is 11.1 Å². The second-order valence-electron chi connectivity index (χ2n) is 4.65. The lowest BCUT2D eigenvalue weighted by molar-refractivity contribution is -0.133. The van der Waals surface area contributed by atoms with Crippen molar-refractivity contribution in [1.82, 2.24) is 5.48 Å². The van der Waals surface area contributed by atoms with Crippen molar-refractivity contribution in [2.45, 2.75) is 13.0 Å². The summed E-state index contributed by atoms with van der Waals surface area (Å²) in [5.41, 5.74) is 4.16. The molecule has 0 aliphatic rings. The lowest BCUT2D eigenvalue weighted by Crippen LogP contribution is -2.25. The van der Waals surface area contributed by atoms with Crippen LogP contribution in [0.25, 0.3) is 0 Å². The maximum absolute atomic E-state index is 11.9. The molecule has 0 aliphatic carbocycles. The van der Waals surface area contributed by atoms with E-state index in [4.69, 9.17) is 14.3 Å². The number of carbonyl (C=O) groups is 1. The number of hydrogen-bond donors (Lipinski definition) is 1. The van der Waals surface area contributed by atoms with Gasteiger partial charge in [-0.1, -0.05) is 30.3 Å². The molecule has 0 fully saturated rings. The van der Waals surface area contributed by atoms with Gasteiger partial charge in [-0.05, 0) is 23.8 Å². The number of hydrogen-bond acceptors (Lipinski definition) is 4. The highest BCUT2D eigenvalue weighted by molar-refractivity contribution is 5.78. The fourth-order valence-electron chi connectivity index (χ4n) is 2.00. The summed E-state index contributed by atoms with van der Waals surface area (Å²) in [6.45, 7) is 0.321. The molecule has 2 rings (SSSR count). The molecule has 0 aromatic heterocycles. The van der Waals surface area contributed by atoms with Gasteiger partial charge in [-0.15, -0.1) is 0 Å². The number of methoxy groups -OCH3 is 2. The molecule has 1 N–H and O–H groups in total. The van der Waals surface area contributed by atoms with Gasteiger partial charge >= 0.3 is 0 Å². The summed E-state index contributed by atoms with van der Waals surface area (Å²) < 4.78 is 10.4. The van der Waals surface area contributed by atoms with Gasteiger partial charge in [0.25, 0.3) is 0 Å². The Hall–Kier alpha value is -2.53. The third-order valence-electron chi connectivity index (χ3n) is 3.11. The van der Waals surface area contributed by atoms with Crippen LogP contribution in [-0.4, -0.2) is 20.1 Å². The number of nitrogens with one attached hydrogen (secondary N) is 1. The number of amides is 1. The van der Waals surface area contributed by atoms with Crippen LogP contribution in [0.4, 0.5) is 0 Å². The molecule has 0 heterocycles. The molecule has 0 radical (unpaired) electrons. The van der Waals surface area contributed by atoms with E-state index in [1.165, 1.54) is 0 Å². The summed E-state index contributed by atoms with van der Waals surface area (Å²) in [4.78, 5) is 17.2. The van der Waals surface area contributed by atoms with E-state index in [-0.39, 0.29) is 12.3 Å². The molecule has 0 unspecified atom stereocenters. The van der Waals surface area contributed by atoms with E-state index in [1.807, 2.05) is 30.3 Å². The first-order valence-corrected chi connectivity index (χ1v) is 6.88. The Balaban J connectivity index is 1.89. The lowest BCUT2D eigenvalue weighted by Gasteiger charge is -2.11. The molecule has 2 aromatic rings. The topological polar surface area (TPSA) is 56.8 Å². The van der Waals surface area contributed by atoms with Gasteiger partial charge in [0, 0.05) is 5.56 Å². The quantitative estimate of drug-likeness (QED) is 0.798. The van der Waals surface area contributed by atoms with E-state index >= 15 is 0 Å². The Morgan fingerprint density at radius 1 is 1.05 bits per heavy atom. The minimum absolute atomic E-state index is 0.148. The fraction of sp³-hybridized carbons (Fsp3) is 0.235. The Kier molecular flexibility index (Phi) is 5.80. The lowest BCUT2D eigenvalue weighted by atomic mass is 10.1. The Morgan fingerprint density at radius 2 is 1.82 bits per heavy atom. The van der Waals surface area contributed by atoms with E-state index in [0.29, 0.717) is 18.1 Å². The first kappa shape index (κ1) is 15.9. The highest BCUT2D eigenvalue weighted by Gasteiger charge is 2.10. The minimum Gasteiger partial charge on any atom is -0.497 e. The highest BCUT2D eigenvalue weighted by Crippen LogP contribution is 2.24. The first-order valence-electron chi connectivity index (χ1n) is 6.88. The summed E-state index contributed by atoms with van der Waals surface area (Å²) in [6, 6.07) is 14.9. The smallest absolute Gasteiger partial charge is 0.248 e. The van der Waals surface area contributed by atoms with Crippen LogP contribution in [0.3, 0.4) is 0 Å². The molecule has 0 atom stereocenters. The SMILES string of the molecule is COc1ccc(OC)c(CC(=O)NOCc2ccccc2)c1. The number of carbonyl (C=O) groups excluding carboxylic acids is 1. The average molecular weight is 301 g/mol. The van der Waals surface area contributed by atoms with Crippen molar-refractivity contribution >= 4 is 5.91 Å². The van der Waals surface area contributed by atoms with Crippen LogP contribution in [-0.2, 0) is 22.7 Å². The van der Waals surface area contributed by atoms with Crippen molar-refractivity contribution in [2.24, 2.45) is 0 Å². The summed E-state index contributed by atoms with van der Waals surface area (Å²) in [5, 5.41) is 0. The van der Waals surface area contributed by atoms with Crippen molar-refractivity contribution in [3.63, 3.8) is 0 Å². The number of benzene rings is 2. The Morgan fingerprint density at radius 3 is 2.50 bits per heavy atom. The molecular formula is C17H19NO4. The molecule has 22 heavy (non-hydrogen) atoms. The summed E-state index contributed by atoms with van der Waals surface area (Å²) >= 11 is 0. The molecule has 5 nitrogen and oxygen atoms in total. The predicted molar refractivity (Wildman–Crippen MR) is 82.6 cm³/mol. The summed E-state index contributed by atoms with van der Waals surface area (Å²) in [6.07, 6.45) is 0.148. The number of rotatable bonds is 7. The van der Waals surface area contributed by atoms with Crippen LogP contribution in [0.5, 0.6) is 11.5 Å². The standard InChI is InChI=1S/C17H19NO4/c1-20-15-8-9-16(21-2)14(10-15)11-17(19)18-22-12-13-6-4-3-5-7-13/h3-10H,11-12H2,1-2H3,(H,18,19). The highest BCUT2D eigenvalue weighted by atomic mass is 16.6. The predicted octanol–water partition coefficient (Wildman–Crippen LogP) is 2.49. The van der Waals surface area contributed by atoms with Crippen LogP contribution in [0, 0.1) is 0 Å². The minimum atomic E-state index is -0.248. The number of ether oxygens (including phenoxy) is 2. The van der Waals surface area contributed by atoms with E-state index in [2.05, 4.69) is 5.48 Å². The van der Waals surface area contributed by atoms with Crippen molar-refractivity contribution in [1.29, 1.82) is 0 Å². The first-order chi connectivity index (χ1) is 10.7. The summed E-state index contributed by atoms with van der Waals surface area (Å²) in [7, 11) is 3.14. The second kappa shape index (κ2) is 8.05. The van der Waals surface area contributed by atoms with Crippen LogP contribution < -0.4 is 15.0 Å². The number of hydroxylamine groups is 1. The molecule has 1 amide bonds. The normalized spacial score (nSPS) is 10.1. The van der Waals surface area contributed by atoms with E-state index in [9.17, 15) is 4.79 Å². The van der Waals surface area contributed by atoms with Gasteiger partial charge in [0.1, 0.15) is 11.5 Å². The maximum Gasteiger partial charge on any atom is 0.248 e. The van der Waals surface area contributed by atoms with Crippen LogP contribution in [0.2, 0.25) is 0 Å². The van der Waals surface area contributed by atoms with E-state index in [1.54, 1.807) is 32.4 Å². The zero-order chi connectivity index (χ0) is 15.8. The van der Waals surface area contributed by atoms with Gasteiger partial charge in [-0.3, -0.25) is 9.63 Å². The van der Waals surface area contributed by atoms with Crippen molar-refractivity contribution in [3.8, 4) is 11.5 Å². The third-order valence-corrected chi connectivity index (χ3v) is 3.11. The Labute approximate surface area is 129 Å². The maximum atomic E-state index is 11.9. The zero-order valence-electron chi connectivity index (χ0n) is 12.7. The molecule has 0 aliphatic heterocycles. The molecule has 2 aromatic carbocycles. The monoisotopic (exact) mass is 301 g/mol. The Bertz CT molecular complexity index is 613. The van der Waals surface area contributed by atoms with Crippen molar-refractivity contribution < 1.29 is 19.1 Å². The second-order valence-corrected chi connectivity index (χ2v) is 4.65. The van der Waals surface area contributed by atoms with Gasteiger partial charge < -0.3 is 9.47 Å².